The van der Waals surface area contributed by atoms with Crippen molar-refractivity contribution in [1.82, 2.24) is 9.97 Å². The number of hydrogen-bond donors (Lipinski definition) is 2. The summed E-state index contributed by atoms with van der Waals surface area (Å²) in [6.45, 7) is 3.90. The Hall–Kier alpha value is -2.69. The highest BCUT2D eigenvalue weighted by Gasteiger charge is 2.52. The molecule has 0 atom stereocenters. The average Bonchev–Trinajstić information content (AvgIpc) is 2.71. The van der Waals surface area contributed by atoms with Gasteiger partial charge in [0.25, 0.3) is 0 Å². The summed E-state index contributed by atoms with van der Waals surface area (Å²) in [6, 6.07) is 4.02. The van der Waals surface area contributed by atoms with E-state index in [0.717, 1.165) is 40.0 Å². The van der Waals surface area contributed by atoms with Crippen molar-refractivity contribution >= 4 is 11.5 Å². The number of benzene rings is 1. The number of carboxylic acids is 1. The lowest BCUT2D eigenvalue weighted by molar-refractivity contribution is -0.131. The van der Waals surface area contributed by atoms with E-state index in [1.54, 1.807) is 12.4 Å². The SMILES string of the molecule is CC/C(=C\C(=O)O)c1cnc(-c2cc(C34CC5CC(CC(C5)C3)C4)c(O)cc2C)nc1. The molecular formula is C26H30N2O3. The van der Waals surface area contributed by atoms with E-state index in [4.69, 9.17) is 5.11 Å². The number of aryl methyl sites for hydroxylation is 1. The van der Waals surface area contributed by atoms with Crippen LogP contribution in [0.2, 0.25) is 0 Å². The molecule has 0 unspecified atom stereocenters. The van der Waals surface area contributed by atoms with Crippen LogP contribution >= 0.6 is 0 Å². The second-order valence-electron chi connectivity index (χ2n) is 10.0. The second-order valence-corrected chi connectivity index (χ2v) is 10.0. The van der Waals surface area contributed by atoms with Gasteiger partial charge in [-0.25, -0.2) is 14.8 Å². The number of aliphatic carboxylic acids is 1. The van der Waals surface area contributed by atoms with Gasteiger partial charge in [0.2, 0.25) is 0 Å². The van der Waals surface area contributed by atoms with E-state index in [2.05, 4.69) is 16.0 Å². The Labute approximate surface area is 183 Å². The Kier molecular flexibility index (Phi) is 4.87. The Morgan fingerprint density at radius 3 is 2.19 bits per heavy atom. The summed E-state index contributed by atoms with van der Waals surface area (Å²) < 4.78 is 0. The van der Waals surface area contributed by atoms with Gasteiger partial charge in [-0.3, -0.25) is 0 Å². The molecule has 4 bridgehead atoms. The molecule has 1 aromatic heterocycles. The molecule has 2 N–H and O–H groups in total. The van der Waals surface area contributed by atoms with E-state index in [-0.39, 0.29) is 5.41 Å². The van der Waals surface area contributed by atoms with Gasteiger partial charge in [-0.1, -0.05) is 6.92 Å². The highest BCUT2D eigenvalue weighted by Crippen LogP contribution is 2.62. The van der Waals surface area contributed by atoms with Crippen molar-refractivity contribution in [3.8, 4) is 17.1 Å². The molecule has 31 heavy (non-hydrogen) atoms. The van der Waals surface area contributed by atoms with Gasteiger partial charge < -0.3 is 10.2 Å². The van der Waals surface area contributed by atoms with Gasteiger partial charge in [-0.05, 0) is 98.3 Å². The monoisotopic (exact) mass is 418 g/mol. The number of carbonyl (C=O) groups is 1. The molecule has 1 heterocycles. The van der Waals surface area contributed by atoms with Crippen molar-refractivity contribution < 1.29 is 15.0 Å². The molecule has 4 saturated carbocycles. The Bertz CT molecular complexity index is 1020. The first-order valence-corrected chi connectivity index (χ1v) is 11.5. The molecule has 1 aromatic carbocycles. The number of phenolic OH excluding ortho intramolecular Hbond substituents is 1. The summed E-state index contributed by atoms with van der Waals surface area (Å²) in [5.74, 6) is 2.49. The molecule has 5 nitrogen and oxygen atoms in total. The first kappa shape index (κ1) is 20.2. The molecule has 5 heteroatoms. The van der Waals surface area contributed by atoms with Crippen LogP contribution in [0.1, 0.15) is 68.6 Å². The maximum absolute atomic E-state index is 11.1. The Morgan fingerprint density at radius 2 is 1.68 bits per heavy atom. The highest BCUT2D eigenvalue weighted by molar-refractivity contribution is 5.89. The van der Waals surface area contributed by atoms with Crippen LogP contribution in [0.4, 0.5) is 0 Å². The lowest BCUT2D eigenvalue weighted by Gasteiger charge is -2.57. The van der Waals surface area contributed by atoms with Crippen molar-refractivity contribution in [3.05, 3.63) is 47.3 Å². The minimum atomic E-state index is -0.962. The first-order valence-electron chi connectivity index (χ1n) is 11.5. The van der Waals surface area contributed by atoms with Gasteiger partial charge in [-0.2, -0.15) is 0 Å². The van der Waals surface area contributed by atoms with Gasteiger partial charge in [0.1, 0.15) is 5.75 Å². The number of carboxylic acid groups (broad SMARTS) is 1. The Balaban J connectivity index is 1.52. The quantitative estimate of drug-likeness (QED) is 0.626. The lowest BCUT2D eigenvalue weighted by atomic mass is 9.48. The zero-order chi connectivity index (χ0) is 21.8. The van der Waals surface area contributed by atoms with Crippen molar-refractivity contribution in [2.45, 2.75) is 64.2 Å². The maximum atomic E-state index is 11.1. The molecule has 2 aromatic rings. The van der Waals surface area contributed by atoms with Crippen molar-refractivity contribution in [3.63, 3.8) is 0 Å². The third-order valence-electron chi connectivity index (χ3n) is 7.89. The topological polar surface area (TPSA) is 83.3 Å². The molecule has 162 valence electrons. The summed E-state index contributed by atoms with van der Waals surface area (Å²) in [6.07, 6.45) is 12.9. The fraction of sp³-hybridized carbons (Fsp3) is 0.500. The van der Waals surface area contributed by atoms with Crippen LogP contribution in [0, 0.1) is 24.7 Å². The van der Waals surface area contributed by atoms with Crippen LogP contribution in [-0.4, -0.2) is 26.2 Å². The van der Waals surface area contributed by atoms with Crippen molar-refractivity contribution in [2.24, 2.45) is 17.8 Å². The number of hydrogen-bond acceptors (Lipinski definition) is 4. The van der Waals surface area contributed by atoms with Gasteiger partial charge >= 0.3 is 5.97 Å². The molecular weight excluding hydrogens is 388 g/mol. The third-order valence-corrected chi connectivity index (χ3v) is 7.89. The standard InChI is InChI=1S/C26H30N2O3/c1-3-19(8-24(30)31)20-13-27-25(28-14-20)21-9-22(23(29)4-15(21)2)26-10-16-5-17(11-26)7-18(6-16)12-26/h4,8-9,13-14,16-18,29H,3,5-7,10-12H2,1-2H3,(H,30,31)/b19-8+. The number of nitrogens with zero attached hydrogens (tertiary/aromatic N) is 2. The molecule has 4 aliphatic rings. The molecule has 0 radical (unpaired) electrons. The predicted octanol–water partition coefficient (Wildman–Crippen LogP) is 5.50. The summed E-state index contributed by atoms with van der Waals surface area (Å²) in [4.78, 5) is 20.2. The Morgan fingerprint density at radius 1 is 1.10 bits per heavy atom. The molecule has 0 amide bonds. The van der Waals surface area contributed by atoms with Gasteiger partial charge in [0.15, 0.2) is 5.82 Å². The van der Waals surface area contributed by atoms with Gasteiger partial charge in [0.05, 0.1) is 0 Å². The lowest BCUT2D eigenvalue weighted by Crippen LogP contribution is -2.48. The van der Waals surface area contributed by atoms with Crippen LogP contribution in [0.5, 0.6) is 5.75 Å². The molecule has 0 aliphatic heterocycles. The zero-order valence-corrected chi connectivity index (χ0v) is 18.3. The van der Waals surface area contributed by atoms with Crippen LogP contribution in [0.25, 0.3) is 17.0 Å². The van der Waals surface area contributed by atoms with Crippen molar-refractivity contribution in [2.75, 3.05) is 0 Å². The van der Waals surface area contributed by atoms with Crippen LogP contribution in [0.15, 0.2) is 30.6 Å². The summed E-state index contributed by atoms with van der Waals surface area (Å²) >= 11 is 0. The second kappa shape index (κ2) is 7.47. The van der Waals surface area contributed by atoms with E-state index in [1.165, 1.54) is 44.6 Å². The van der Waals surface area contributed by atoms with Crippen LogP contribution < -0.4 is 0 Å². The first-order chi connectivity index (χ1) is 14.9. The number of phenols is 1. The summed E-state index contributed by atoms with van der Waals surface area (Å²) in [5, 5.41) is 20.0. The van der Waals surface area contributed by atoms with Gasteiger partial charge in [-0.15, -0.1) is 0 Å². The number of rotatable bonds is 5. The smallest absolute Gasteiger partial charge is 0.328 e. The minimum Gasteiger partial charge on any atom is -0.508 e. The number of allylic oxidation sites excluding steroid dienone is 1. The minimum absolute atomic E-state index is 0.0980. The largest absolute Gasteiger partial charge is 0.508 e. The molecule has 4 aliphatic carbocycles. The fourth-order valence-corrected chi connectivity index (χ4v) is 6.97. The van der Waals surface area contributed by atoms with E-state index in [9.17, 15) is 9.90 Å². The van der Waals surface area contributed by atoms with E-state index in [0.29, 0.717) is 23.6 Å². The van der Waals surface area contributed by atoms with Crippen molar-refractivity contribution in [1.29, 1.82) is 0 Å². The van der Waals surface area contributed by atoms with E-state index in [1.807, 2.05) is 19.9 Å². The highest BCUT2D eigenvalue weighted by atomic mass is 16.4. The fourth-order valence-electron chi connectivity index (χ4n) is 6.97. The number of aromatic nitrogens is 2. The normalized spacial score (nSPS) is 29.4. The molecule has 6 rings (SSSR count). The summed E-state index contributed by atoms with van der Waals surface area (Å²) in [7, 11) is 0. The number of aromatic hydroxyl groups is 1. The zero-order valence-electron chi connectivity index (χ0n) is 18.3. The third kappa shape index (κ3) is 3.54. The molecule has 0 saturated heterocycles. The van der Waals surface area contributed by atoms with Crippen LogP contribution in [-0.2, 0) is 10.2 Å². The average molecular weight is 419 g/mol. The van der Waals surface area contributed by atoms with E-state index >= 15 is 0 Å². The van der Waals surface area contributed by atoms with Crippen LogP contribution in [0.3, 0.4) is 0 Å². The summed E-state index contributed by atoms with van der Waals surface area (Å²) in [5.41, 5.74) is 4.52. The molecule has 4 fully saturated rings. The maximum Gasteiger partial charge on any atom is 0.328 e. The predicted molar refractivity (Wildman–Crippen MR) is 120 cm³/mol. The van der Waals surface area contributed by atoms with Gasteiger partial charge in [0, 0.05) is 35.2 Å². The van der Waals surface area contributed by atoms with E-state index < -0.39 is 5.97 Å². The molecule has 0 spiro atoms.